The van der Waals surface area contributed by atoms with Crippen LogP contribution in [0.2, 0.25) is 0 Å². The number of hydrogen-bond donors (Lipinski definition) is 1. The fourth-order valence-corrected chi connectivity index (χ4v) is 5.12. The largest absolute Gasteiger partial charge is 0.394 e. The summed E-state index contributed by atoms with van der Waals surface area (Å²) in [6, 6.07) is -0.0818. The van der Waals surface area contributed by atoms with Gasteiger partial charge in [0.15, 0.2) is 0 Å². The first-order valence-electron chi connectivity index (χ1n) is 8.60. The summed E-state index contributed by atoms with van der Waals surface area (Å²) < 4.78 is 0. The predicted molar refractivity (Wildman–Crippen MR) is 84.1 cm³/mol. The number of aliphatic hydroxyl groups is 1. The van der Waals surface area contributed by atoms with E-state index in [1.807, 2.05) is 25.7 Å². The van der Waals surface area contributed by atoms with E-state index in [2.05, 4.69) is 0 Å². The second kappa shape index (κ2) is 5.05. The lowest BCUT2D eigenvalue weighted by atomic mass is 9.77. The van der Waals surface area contributed by atoms with Crippen molar-refractivity contribution in [2.75, 3.05) is 13.2 Å². The zero-order valence-electron chi connectivity index (χ0n) is 14.3. The Kier molecular flexibility index (Phi) is 3.67. The van der Waals surface area contributed by atoms with Crippen LogP contribution in [-0.2, 0) is 9.59 Å². The maximum atomic E-state index is 13.0. The zero-order valence-corrected chi connectivity index (χ0v) is 14.3. The van der Waals surface area contributed by atoms with Crippen LogP contribution in [0.1, 0.15) is 53.4 Å². The Morgan fingerprint density at radius 2 is 1.91 bits per heavy atom. The summed E-state index contributed by atoms with van der Waals surface area (Å²) >= 11 is 0. The standard InChI is InChI=1S/C18H29NO3/c1-11(21)15(17(2,3)4)16(22)19-9-12-7-18(5-6-18)8-13(12)14(19)10-20/h12-15,20H,5-10H2,1-4H3/t12-,13-,14+,15+/m0/s1. The third-order valence-corrected chi connectivity index (χ3v) is 6.24. The van der Waals surface area contributed by atoms with Crippen LogP contribution in [0.5, 0.6) is 0 Å². The number of nitrogens with zero attached hydrogens (tertiary/aromatic N) is 1. The van der Waals surface area contributed by atoms with E-state index >= 15 is 0 Å². The van der Waals surface area contributed by atoms with E-state index in [0.717, 1.165) is 13.0 Å². The Morgan fingerprint density at radius 1 is 1.27 bits per heavy atom. The van der Waals surface area contributed by atoms with E-state index in [1.165, 1.54) is 26.2 Å². The quantitative estimate of drug-likeness (QED) is 0.814. The molecule has 0 aromatic heterocycles. The molecule has 1 spiro atoms. The Morgan fingerprint density at radius 3 is 2.36 bits per heavy atom. The molecule has 4 nitrogen and oxygen atoms in total. The molecule has 1 aliphatic heterocycles. The number of fused-ring (bicyclic) bond motifs is 1. The van der Waals surface area contributed by atoms with Crippen LogP contribution >= 0.6 is 0 Å². The Labute approximate surface area is 133 Å². The van der Waals surface area contributed by atoms with E-state index in [9.17, 15) is 14.7 Å². The molecule has 0 aromatic rings. The minimum Gasteiger partial charge on any atom is -0.394 e. The SMILES string of the molecule is CC(=O)[C@H](C(=O)N1C[C@@H]2CC3(CC3)C[C@@H]2[C@H]1CO)C(C)(C)C. The minimum absolute atomic E-state index is 0.0255. The van der Waals surface area contributed by atoms with Crippen molar-refractivity contribution in [1.82, 2.24) is 4.90 Å². The number of ketones is 1. The highest BCUT2D eigenvalue weighted by atomic mass is 16.3. The smallest absolute Gasteiger partial charge is 0.234 e. The van der Waals surface area contributed by atoms with Gasteiger partial charge >= 0.3 is 0 Å². The summed E-state index contributed by atoms with van der Waals surface area (Å²) in [6.07, 6.45) is 5.01. The van der Waals surface area contributed by atoms with Gasteiger partial charge in [-0.3, -0.25) is 9.59 Å². The fourth-order valence-electron chi connectivity index (χ4n) is 5.12. The summed E-state index contributed by atoms with van der Waals surface area (Å²) in [5, 5.41) is 9.87. The molecule has 0 unspecified atom stereocenters. The van der Waals surface area contributed by atoms with Crippen LogP contribution < -0.4 is 0 Å². The van der Waals surface area contributed by atoms with Crippen molar-refractivity contribution in [2.45, 2.75) is 59.4 Å². The van der Waals surface area contributed by atoms with Crippen LogP contribution in [0.15, 0.2) is 0 Å². The van der Waals surface area contributed by atoms with E-state index in [0.29, 0.717) is 17.3 Å². The third-order valence-electron chi connectivity index (χ3n) is 6.24. The lowest BCUT2D eigenvalue weighted by Gasteiger charge is -2.35. The molecule has 1 heterocycles. The van der Waals surface area contributed by atoms with Crippen LogP contribution in [0.3, 0.4) is 0 Å². The maximum absolute atomic E-state index is 13.0. The maximum Gasteiger partial charge on any atom is 0.234 e. The van der Waals surface area contributed by atoms with Gasteiger partial charge in [-0.05, 0) is 55.3 Å². The van der Waals surface area contributed by atoms with Gasteiger partial charge in [0.25, 0.3) is 0 Å². The summed E-state index contributed by atoms with van der Waals surface area (Å²) in [6.45, 7) is 8.11. The van der Waals surface area contributed by atoms with E-state index in [4.69, 9.17) is 0 Å². The molecule has 3 rings (SSSR count). The summed E-state index contributed by atoms with van der Waals surface area (Å²) in [5.41, 5.74) is 0.167. The summed E-state index contributed by atoms with van der Waals surface area (Å²) in [4.78, 5) is 26.9. The van der Waals surface area contributed by atoms with Gasteiger partial charge in [-0.15, -0.1) is 0 Å². The van der Waals surface area contributed by atoms with Crippen molar-refractivity contribution in [2.24, 2.45) is 28.6 Å². The summed E-state index contributed by atoms with van der Waals surface area (Å²) in [7, 11) is 0. The average Bonchev–Trinajstić information content (AvgIpc) is 2.88. The third kappa shape index (κ3) is 2.49. The van der Waals surface area contributed by atoms with Gasteiger partial charge in [0.2, 0.25) is 5.91 Å². The van der Waals surface area contributed by atoms with E-state index in [1.54, 1.807) is 0 Å². The number of carbonyl (C=O) groups is 2. The highest BCUT2D eigenvalue weighted by Crippen LogP contribution is 2.64. The minimum atomic E-state index is -0.602. The fraction of sp³-hybridized carbons (Fsp3) is 0.889. The molecule has 0 bridgehead atoms. The molecular formula is C18H29NO3. The molecule has 3 fully saturated rings. The second-order valence-corrected chi connectivity index (χ2v) is 8.98. The van der Waals surface area contributed by atoms with Crippen molar-refractivity contribution < 1.29 is 14.7 Å². The van der Waals surface area contributed by atoms with Gasteiger partial charge < -0.3 is 10.0 Å². The number of likely N-dealkylation sites (tertiary alicyclic amines) is 1. The Hall–Kier alpha value is -0.900. The van der Waals surface area contributed by atoms with Crippen molar-refractivity contribution in [1.29, 1.82) is 0 Å². The van der Waals surface area contributed by atoms with Crippen LogP contribution in [-0.4, -0.2) is 40.9 Å². The molecule has 124 valence electrons. The van der Waals surface area contributed by atoms with Gasteiger partial charge in [-0.25, -0.2) is 0 Å². The van der Waals surface area contributed by atoms with Crippen molar-refractivity contribution in [3.05, 3.63) is 0 Å². The molecule has 1 N–H and O–H groups in total. The van der Waals surface area contributed by atoms with Crippen LogP contribution in [0.4, 0.5) is 0 Å². The number of carbonyl (C=O) groups excluding carboxylic acids is 2. The van der Waals surface area contributed by atoms with E-state index in [-0.39, 0.29) is 29.8 Å². The second-order valence-electron chi connectivity index (χ2n) is 8.98. The lowest BCUT2D eigenvalue weighted by molar-refractivity contribution is -0.146. The first-order chi connectivity index (χ1) is 10.2. The average molecular weight is 307 g/mol. The molecule has 2 saturated carbocycles. The molecule has 0 radical (unpaired) electrons. The molecule has 22 heavy (non-hydrogen) atoms. The molecular weight excluding hydrogens is 278 g/mol. The molecule has 1 saturated heterocycles. The van der Waals surface area contributed by atoms with Gasteiger partial charge in [-0.2, -0.15) is 0 Å². The van der Waals surface area contributed by atoms with Crippen molar-refractivity contribution >= 4 is 11.7 Å². The van der Waals surface area contributed by atoms with Crippen molar-refractivity contribution in [3.63, 3.8) is 0 Å². The number of Topliss-reactive ketones (excluding diaryl/α,β-unsaturated/α-hetero) is 1. The molecule has 3 aliphatic rings. The van der Waals surface area contributed by atoms with Crippen LogP contribution in [0.25, 0.3) is 0 Å². The monoisotopic (exact) mass is 307 g/mol. The van der Waals surface area contributed by atoms with Gasteiger partial charge in [0.05, 0.1) is 12.6 Å². The topological polar surface area (TPSA) is 57.6 Å². The summed E-state index contributed by atoms with van der Waals surface area (Å²) in [5.74, 6) is 0.221. The first kappa shape index (κ1) is 16.0. The van der Waals surface area contributed by atoms with E-state index < -0.39 is 5.92 Å². The van der Waals surface area contributed by atoms with Gasteiger partial charge in [0.1, 0.15) is 11.7 Å². The van der Waals surface area contributed by atoms with Crippen LogP contribution in [0, 0.1) is 28.6 Å². The molecule has 2 aliphatic carbocycles. The normalized spacial score (nSPS) is 33.9. The number of rotatable bonds is 3. The number of hydrogen-bond acceptors (Lipinski definition) is 3. The first-order valence-corrected chi connectivity index (χ1v) is 8.60. The molecule has 4 atom stereocenters. The predicted octanol–water partition coefficient (Wildman–Crippen LogP) is 2.25. The lowest BCUT2D eigenvalue weighted by Crippen LogP contribution is -2.48. The number of aliphatic hydroxyl groups excluding tert-OH is 1. The zero-order chi connectivity index (χ0) is 16.3. The molecule has 0 aromatic carbocycles. The van der Waals surface area contributed by atoms with Gasteiger partial charge in [-0.1, -0.05) is 20.8 Å². The molecule has 4 heteroatoms. The van der Waals surface area contributed by atoms with Crippen molar-refractivity contribution in [3.8, 4) is 0 Å². The highest BCUT2D eigenvalue weighted by Gasteiger charge is 2.59. The Bertz CT molecular complexity index is 489. The highest BCUT2D eigenvalue weighted by molar-refractivity contribution is 6.01. The number of amides is 1. The Balaban J connectivity index is 1.79. The molecule has 1 amide bonds. The van der Waals surface area contributed by atoms with Gasteiger partial charge in [0, 0.05) is 6.54 Å².